The molecule has 20 heavy (non-hydrogen) atoms. The first-order valence-corrected chi connectivity index (χ1v) is 20.0. The fourth-order valence-corrected chi connectivity index (χ4v) is 43.4. The van der Waals surface area contributed by atoms with Crippen molar-refractivity contribution in [3.05, 3.63) is 30.3 Å². The van der Waals surface area contributed by atoms with Crippen LogP contribution in [0.3, 0.4) is 0 Å². The summed E-state index contributed by atoms with van der Waals surface area (Å²) < 4.78 is 13.4. The van der Waals surface area contributed by atoms with Crippen molar-refractivity contribution in [2.75, 3.05) is 0 Å². The van der Waals surface area contributed by atoms with Gasteiger partial charge in [0.15, 0.2) is 9.04 Å². The van der Waals surface area contributed by atoms with E-state index in [1.807, 2.05) is 0 Å². The average molecular weight is 341 g/mol. The first kappa shape index (κ1) is 16.4. The van der Waals surface area contributed by atoms with Gasteiger partial charge in [-0.1, -0.05) is 43.4 Å². The summed E-state index contributed by atoms with van der Waals surface area (Å²) in [4.78, 5) is 0. The quantitative estimate of drug-likeness (QED) is 0.784. The molecule has 1 aliphatic heterocycles. The molecule has 0 spiro atoms. The summed E-state index contributed by atoms with van der Waals surface area (Å²) in [5.41, 5.74) is -0.00761. The van der Waals surface area contributed by atoms with Crippen LogP contribution in [0.4, 0.5) is 0 Å². The van der Waals surface area contributed by atoms with Gasteiger partial charge in [0.05, 0.1) is 14.2 Å². The molecule has 1 saturated heterocycles. The molecular weight excluding hydrogens is 312 g/mol. The molecule has 1 aliphatic rings. The Balaban J connectivity index is 2.47. The van der Waals surface area contributed by atoms with E-state index in [1.54, 1.807) is 0 Å². The Hall–Kier alpha value is 0.00753. The van der Waals surface area contributed by atoms with Crippen LogP contribution in [0, 0.1) is 0 Å². The Bertz CT molecular complexity index is 444. The molecule has 1 unspecified atom stereocenters. The summed E-state index contributed by atoms with van der Waals surface area (Å²) >= 11 is 0. The Kier molecular flexibility index (Phi) is 4.63. The molecule has 0 N–H and O–H groups in total. The maximum absolute atomic E-state index is 6.74. The van der Waals surface area contributed by atoms with Crippen LogP contribution in [-0.4, -0.2) is 38.9 Å². The monoisotopic (exact) mass is 340 g/mol. The van der Waals surface area contributed by atoms with E-state index in [4.69, 9.17) is 8.54 Å². The lowest BCUT2D eigenvalue weighted by Gasteiger charge is -2.50. The van der Waals surface area contributed by atoms with Crippen molar-refractivity contribution in [2.24, 2.45) is 0 Å². The van der Waals surface area contributed by atoms with E-state index in [-0.39, 0.29) is 14.2 Å². The Labute approximate surface area is 129 Å². The van der Waals surface area contributed by atoms with Crippen molar-refractivity contribution < 1.29 is 8.54 Å². The maximum atomic E-state index is 6.74. The van der Waals surface area contributed by atoms with Crippen molar-refractivity contribution >= 4 is 38.5 Å². The van der Waals surface area contributed by atoms with Crippen LogP contribution >= 0.6 is 0 Å². The van der Waals surface area contributed by atoms with Crippen LogP contribution in [0.5, 0.6) is 0 Å². The lowest BCUT2D eigenvalue weighted by Crippen LogP contribution is -2.73. The molecule has 1 atom stereocenters. The lowest BCUT2D eigenvalue weighted by atomic mass is 10.2. The van der Waals surface area contributed by atoms with Crippen molar-refractivity contribution in [1.82, 2.24) is 0 Å². The molecule has 0 saturated carbocycles. The summed E-state index contributed by atoms with van der Waals surface area (Å²) in [7, 11) is -4.67. The Morgan fingerprint density at radius 1 is 1.20 bits per heavy atom. The zero-order valence-electron chi connectivity index (χ0n) is 13.7. The van der Waals surface area contributed by atoms with Crippen molar-refractivity contribution in [1.29, 1.82) is 0 Å². The highest BCUT2D eigenvalue weighted by Gasteiger charge is 2.54. The molecule has 1 fully saturated rings. The second kappa shape index (κ2) is 5.66. The van der Waals surface area contributed by atoms with Crippen LogP contribution in [0.1, 0.15) is 13.8 Å². The normalized spacial score (nSPS) is 29.8. The molecule has 1 heterocycles. The Morgan fingerprint density at radius 3 is 2.30 bits per heavy atom. The third-order valence-corrected chi connectivity index (χ3v) is 33.4. The van der Waals surface area contributed by atoms with Crippen LogP contribution < -0.4 is 5.19 Å². The summed E-state index contributed by atoms with van der Waals surface area (Å²) in [6.45, 7) is 14.2. The molecule has 6 heteroatoms. The van der Waals surface area contributed by atoms with Crippen molar-refractivity contribution in [3.8, 4) is 0 Å². The highest BCUT2D eigenvalue weighted by atomic mass is 29.6. The summed E-state index contributed by atoms with van der Waals surface area (Å²) in [5, 5.41) is 1.39. The highest BCUT2D eigenvalue weighted by Crippen LogP contribution is 2.34. The van der Waals surface area contributed by atoms with Gasteiger partial charge in [0, 0.05) is 7.59 Å². The molecule has 0 aliphatic carbocycles. The second-order valence-corrected chi connectivity index (χ2v) is 30.8. The molecule has 2 nitrogen and oxygen atoms in total. The van der Waals surface area contributed by atoms with Crippen LogP contribution in [0.2, 0.25) is 32.2 Å². The summed E-state index contributed by atoms with van der Waals surface area (Å²) in [6, 6.07) is 12.2. The van der Waals surface area contributed by atoms with Gasteiger partial charge >= 0.3 is 8.08 Å². The van der Waals surface area contributed by atoms with Crippen molar-refractivity contribution in [2.45, 2.75) is 51.7 Å². The van der Waals surface area contributed by atoms with Gasteiger partial charge in [-0.15, -0.1) is 0 Å². The largest absolute Gasteiger partial charge is 0.439 e. The van der Waals surface area contributed by atoms with Gasteiger partial charge in [0.2, 0.25) is 0 Å². The van der Waals surface area contributed by atoms with Gasteiger partial charge in [-0.25, -0.2) is 0 Å². The van der Waals surface area contributed by atoms with Gasteiger partial charge in [-0.05, 0) is 38.2 Å². The molecule has 112 valence electrons. The molecule has 0 bridgehead atoms. The minimum atomic E-state index is -2.13. The van der Waals surface area contributed by atoms with Crippen molar-refractivity contribution in [3.63, 3.8) is 0 Å². The van der Waals surface area contributed by atoms with E-state index in [2.05, 4.69) is 70.4 Å². The first-order valence-electron chi connectivity index (χ1n) is 7.58. The van der Waals surface area contributed by atoms with E-state index in [0.29, 0.717) is 0 Å². The standard InChI is InChI=1S/C14H28O2Si4/c1-14(2)12-19(5,6)17-20(15-14,16-18(3)4)13-10-8-7-9-11-13/h7-11,18H,12,17H2,1-6H3. The third-order valence-electron chi connectivity index (χ3n) is 3.70. The topological polar surface area (TPSA) is 18.5 Å². The molecule has 1 aromatic rings. The van der Waals surface area contributed by atoms with Gasteiger partial charge in [-0.3, -0.25) is 0 Å². The van der Waals surface area contributed by atoms with Crippen LogP contribution in [0.25, 0.3) is 0 Å². The zero-order chi connectivity index (χ0) is 15.0. The zero-order valence-corrected chi connectivity index (χ0v) is 18.3. The second-order valence-electron chi connectivity index (χ2n) is 7.67. The number of hydrogen-bond acceptors (Lipinski definition) is 2. The summed E-state index contributed by atoms with van der Waals surface area (Å²) in [5.74, 6) is 0. The van der Waals surface area contributed by atoms with Gasteiger partial charge in [0.25, 0.3) is 0 Å². The van der Waals surface area contributed by atoms with E-state index in [1.165, 1.54) is 11.2 Å². The van der Waals surface area contributed by atoms with E-state index < -0.39 is 24.7 Å². The molecule has 2 rings (SSSR count). The van der Waals surface area contributed by atoms with Gasteiger partial charge < -0.3 is 8.54 Å². The van der Waals surface area contributed by atoms with E-state index in [9.17, 15) is 0 Å². The minimum absolute atomic E-state index is 0.00761. The fraction of sp³-hybridized carbons (Fsp3) is 0.571. The first-order chi connectivity index (χ1) is 9.14. The maximum Gasteiger partial charge on any atom is 0.329 e. The molecule has 1 aromatic carbocycles. The molecule has 0 radical (unpaired) electrons. The van der Waals surface area contributed by atoms with Gasteiger partial charge in [0.1, 0.15) is 0 Å². The minimum Gasteiger partial charge on any atom is -0.439 e. The lowest BCUT2D eigenvalue weighted by molar-refractivity contribution is 0.100. The summed E-state index contributed by atoms with van der Waals surface area (Å²) in [6.07, 6.45) is 0. The predicted molar refractivity (Wildman–Crippen MR) is 97.8 cm³/mol. The number of hydrogen-bond donors (Lipinski definition) is 0. The molecule has 0 aromatic heterocycles. The van der Waals surface area contributed by atoms with E-state index >= 15 is 0 Å². The number of benzene rings is 1. The average Bonchev–Trinajstić information content (AvgIpc) is 2.24. The molecular formula is C14H28O2Si4. The smallest absolute Gasteiger partial charge is 0.329 e. The van der Waals surface area contributed by atoms with Gasteiger partial charge in [-0.2, -0.15) is 0 Å². The third kappa shape index (κ3) is 3.80. The SMILES string of the molecule is C[SiH](C)O[Si]1(c2ccccc2)OC(C)(C)C[Si](C)(C)[SiH2]1. The van der Waals surface area contributed by atoms with Crippen LogP contribution in [-0.2, 0) is 8.54 Å². The fourth-order valence-electron chi connectivity index (χ4n) is 3.73. The van der Waals surface area contributed by atoms with Crippen LogP contribution in [0.15, 0.2) is 30.3 Å². The highest BCUT2D eigenvalue weighted by molar-refractivity contribution is 7.53. The number of rotatable bonds is 3. The molecule has 0 amide bonds. The Morgan fingerprint density at radius 2 is 1.80 bits per heavy atom. The predicted octanol–water partition coefficient (Wildman–Crippen LogP) is 2.02. The van der Waals surface area contributed by atoms with E-state index in [0.717, 1.165) is 0 Å².